The Bertz CT molecular complexity index is 592. The Morgan fingerprint density at radius 2 is 1.14 bits per heavy atom. The molecule has 0 unspecified atom stereocenters. The minimum Gasteiger partial charge on any atom is -0.356 e. The Kier molecular flexibility index (Phi) is 20.1. The summed E-state index contributed by atoms with van der Waals surface area (Å²) in [4.78, 5) is 23.9. The van der Waals surface area contributed by atoms with Crippen molar-refractivity contribution in [3.8, 4) is 0 Å². The van der Waals surface area contributed by atoms with E-state index in [1.165, 1.54) is 77.0 Å². The zero-order valence-electron chi connectivity index (χ0n) is 23.0. The molecule has 2 amide bonds. The molecule has 0 saturated carbocycles. The highest BCUT2D eigenvalue weighted by Crippen LogP contribution is 2.09. The number of carbonyl (C=O) groups is 2. The third-order valence-corrected chi connectivity index (χ3v) is 6.59. The van der Waals surface area contributed by atoms with Crippen LogP contribution in [0.25, 0.3) is 0 Å². The van der Waals surface area contributed by atoms with Gasteiger partial charge in [0.25, 0.3) is 0 Å². The number of nitrogens with zero attached hydrogens (tertiary/aromatic N) is 2. The Balaban J connectivity index is 1.97. The van der Waals surface area contributed by atoms with Crippen LogP contribution in [-0.2, 0) is 22.7 Å². The van der Waals surface area contributed by atoms with Crippen LogP contribution in [0.4, 0.5) is 0 Å². The summed E-state index contributed by atoms with van der Waals surface area (Å²) in [6.07, 6.45) is 26.8. The second-order valence-corrected chi connectivity index (χ2v) is 10.0. The molecule has 0 aliphatic carbocycles. The normalized spacial score (nSPS) is 11.0. The zero-order chi connectivity index (χ0) is 25.4. The number of hydrogen-bond acceptors (Lipinski definition) is 2. The third kappa shape index (κ3) is 19.1. The minimum absolute atomic E-state index is 0.190. The molecule has 1 rings (SSSR count). The molecule has 0 radical (unpaired) electrons. The van der Waals surface area contributed by atoms with Gasteiger partial charge in [0, 0.05) is 38.8 Å². The van der Waals surface area contributed by atoms with Crippen LogP contribution in [0.2, 0.25) is 0 Å². The quantitative estimate of drug-likeness (QED) is 0.136. The van der Waals surface area contributed by atoms with Gasteiger partial charge in [0.2, 0.25) is 18.1 Å². The summed E-state index contributed by atoms with van der Waals surface area (Å²) in [6, 6.07) is 0. The van der Waals surface area contributed by atoms with Gasteiger partial charge in [0.1, 0.15) is 12.4 Å². The first kappa shape index (κ1) is 31.2. The van der Waals surface area contributed by atoms with E-state index < -0.39 is 0 Å². The van der Waals surface area contributed by atoms with Crippen LogP contribution in [0.3, 0.4) is 0 Å². The lowest BCUT2D eigenvalue weighted by atomic mass is 10.1. The fourth-order valence-electron chi connectivity index (χ4n) is 4.34. The Labute approximate surface area is 215 Å². The topological polar surface area (TPSA) is 67.0 Å². The van der Waals surface area contributed by atoms with E-state index in [1.54, 1.807) is 0 Å². The van der Waals surface area contributed by atoms with Crippen molar-refractivity contribution in [2.24, 2.45) is 0 Å². The fourth-order valence-corrected chi connectivity index (χ4v) is 4.34. The highest BCUT2D eigenvalue weighted by Gasteiger charge is 2.06. The second kappa shape index (κ2) is 22.6. The van der Waals surface area contributed by atoms with Crippen LogP contribution in [0.1, 0.15) is 129 Å². The number of amides is 2. The summed E-state index contributed by atoms with van der Waals surface area (Å²) in [5, 5.41) is 6.11. The van der Waals surface area contributed by atoms with E-state index in [9.17, 15) is 9.59 Å². The SMILES string of the molecule is CCCCCCCCCC(=O)NCCCn1cc[n+](CCCNC(=O)CCCCCCCCC)c1. The number of unbranched alkanes of at least 4 members (excludes halogenated alkanes) is 12. The Hall–Kier alpha value is -1.85. The van der Waals surface area contributed by atoms with Crippen LogP contribution in [0.5, 0.6) is 0 Å². The van der Waals surface area contributed by atoms with Gasteiger partial charge in [-0.2, -0.15) is 0 Å². The monoisotopic (exact) mass is 491 g/mol. The lowest BCUT2D eigenvalue weighted by Crippen LogP contribution is -2.34. The van der Waals surface area contributed by atoms with Crippen molar-refractivity contribution in [1.29, 1.82) is 0 Å². The molecule has 1 aromatic heterocycles. The number of aryl methyl sites for hydroxylation is 2. The van der Waals surface area contributed by atoms with Gasteiger partial charge in [0.05, 0.1) is 13.1 Å². The number of nitrogens with one attached hydrogen (secondary N) is 2. The maximum absolute atomic E-state index is 12.0. The van der Waals surface area contributed by atoms with Gasteiger partial charge in [-0.25, -0.2) is 9.13 Å². The first-order valence-electron chi connectivity index (χ1n) is 14.7. The first-order chi connectivity index (χ1) is 17.2. The van der Waals surface area contributed by atoms with Crippen LogP contribution < -0.4 is 15.2 Å². The van der Waals surface area contributed by atoms with Crippen molar-refractivity contribution < 1.29 is 14.2 Å². The molecule has 35 heavy (non-hydrogen) atoms. The predicted octanol–water partition coefficient (Wildman–Crippen LogP) is 6.07. The number of rotatable bonds is 24. The summed E-state index contributed by atoms with van der Waals surface area (Å²) in [6.45, 7) is 7.75. The molecular weight excluding hydrogens is 436 g/mol. The summed E-state index contributed by atoms with van der Waals surface area (Å²) in [5.41, 5.74) is 0. The van der Waals surface area contributed by atoms with Gasteiger partial charge in [0.15, 0.2) is 0 Å². The molecule has 0 aliphatic rings. The van der Waals surface area contributed by atoms with Crippen molar-refractivity contribution in [3.63, 3.8) is 0 Å². The smallest absolute Gasteiger partial charge is 0.243 e. The highest BCUT2D eigenvalue weighted by atomic mass is 16.2. The molecule has 0 atom stereocenters. The van der Waals surface area contributed by atoms with Crippen LogP contribution in [0.15, 0.2) is 18.7 Å². The fraction of sp³-hybridized carbons (Fsp3) is 0.828. The van der Waals surface area contributed by atoms with Crippen molar-refractivity contribution in [2.45, 2.75) is 143 Å². The minimum atomic E-state index is 0.190. The van der Waals surface area contributed by atoms with Gasteiger partial charge in [-0.15, -0.1) is 0 Å². The lowest BCUT2D eigenvalue weighted by Gasteiger charge is -2.05. The second-order valence-electron chi connectivity index (χ2n) is 10.0. The van der Waals surface area contributed by atoms with Gasteiger partial charge < -0.3 is 10.6 Å². The van der Waals surface area contributed by atoms with Crippen molar-refractivity contribution >= 4 is 11.8 Å². The molecule has 0 aromatic carbocycles. The van der Waals surface area contributed by atoms with E-state index in [1.807, 2.05) is 0 Å². The summed E-state index contributed by atoms with van der Waals surface area (Å²) >= 11 is 0. The predicted molar refractivity (Wildman–Crippen MR) is 145 cm³/mol. The van der Waals surface area contributed by atoms with Crippen molar-refractivity contribution in [2.75, 3.05) is 13.1 Å². The molecule has 1 heterocycles. The highest BCUT2D eigenvalue weighted by molar-refractivity contribution is 5.76. The summed E-state index contributed by atoms with van der Waals surface area (Å²) in [5.74, 6) is 0.380. The van der Waals surface area contributed by atoms with E-state index >= 15 is 0 Å². The number of carbonyl (C=O) groups excluding carboxylic acids is 2. The molecule has 2 N–H and O–H groups in total. The molecule has 0 bridgehead atoms. The van der Waals surface area contributed by atoms with E-state index in [0.717, 1.165) is 51.9 Å². The van der Waals surface area contributed by atoms with Gasteiger partial charge in [-0.3, -0.25) is 9.59 Å². The maximum Gasteiger partial charge on any atom is 0.243 e. The first-order valence-corrected chi connectivity index (χ1v) is 14.7. The van der Waals surface area contributed by atoms with Gasteiger partial charge in [-0.05, 0) is 12.8 Å². The van der Waals surface area contributed by atoms with Crippen LogP contribution >= 0.6 is 0 Å². The van der Waals surface area contributed by atoms with Gasteiger partial charge in [-0.1, -0.05) is 90.9 Å². The molecule has 202 valence electrons. The van der Waals surface area contributed by atoms with E-state index in [4.69, 9.17) is 0 Å². The molecule has 0 saturated heterocycles. The number of aromatic nitrogens is 2. The average molecular weight is 492 g/mol. The average Bonchev–Trinajstić information content (AvgIpc) is 3.31. The Morgan fingerprint density at radius 1 is 0.657 bits per heavy atom. The van der Waals surface area contributed by atoms with Crippen LogP contribution in [0, 0.1) is 0 Å². The summed E-state index contributed by atoms with van der Waals surface area (Å²) in [7, 11) is 0. The Morgan fingerprint density at radius 3 is 1.69 bits per heavy atom. The largest absolute Gasteiger partial charge is 0.356 e. The molecule has 6 nitrogen and oxygen atoms in total. The standard InChI is InChI=1S/C29H54N4O2/c1-3-5-7-9-11-13-15-19-28(34)30-21-17-23-32-25-26-33(27-32)24-18-22-31-29(35)20-16-14-12-10-8-6-4-2/h25-27H,3-24H2,1-2H3,(H-,30,31,34,35)/p+1. The van der Waals surface area contributed by atoms with E-state index in [2.05, 4.69) is 52.3 Å². The summed E-state index contributed by atoms with van der Waals surface area (Å²) < 4.78 is 4.34. The van der Waals surface area contributed by atoms with Crippen LogP contribution in [-0.4, -0.2) is 29.5 Å². The van der Waals surface area contributed by atoms with Crippen molar-refractivity contribution in [1.82, 2.24) is 15.2 Å². The molecule has 1 aromatic rings. The van der Waals surface area contributed by atoms with E-state index in [0.29, 0.717) is 12.8 Å². The number of hydrogen-bond donors (Lipinski definition) is 2. The molecule has 0 aliphatic heterocycles. The maximum atomic E-state index is 12.0. The number of imidazole rings is 1. The molecule has 0 spiro atoms. The third-order valence-electron chi connectivity index (χ3n) is 6.59. The molecule has 0 fully saturated rings. The van der Waals surface area contributed by atoms with Crippen molar-refractivity contribution in [3.05, 3.63) is 18.7 Å². The van der Waals surface area contributed by atoms with Gasteiger partial charge >= 0.3 is 0 Å². The zero-order valence-corrected chi connectivity index (χ0v) is 23.0. The van der Waals surface area contributed by atoms with E-state index in [-0.39, 0.29) is 11.8 Å². The molecule has 6 heteroatoms. The molecular formula is C29H55N4O2+. The lowest BCUT2D eigenvalue weighted by molar-refractivity contribution is -0.696.